The number of nitrogen functional groups attached to an aromatic ring is 1. The van der Waals surface area contributed by atoms with Gasteiger partial charge in [0.1, 0.15) is 0 Å². The number of carbonyl (C=O) groups excluding carboxylic acids is 2. The number of aromatic carboxylic acids is 1. The largest absolute Gasteiger partial charge is 0.478 e. The summed E-state index contributed by atoms with van der Waals surface area (Å²) in [6, 6.07) is 9.87. The molecule has 0 heterocycles. The van der Waals surface area contributed by atoms with Crippen LogP contribution in [0, 0.1) is 0 Å². The minimum Gasteiger partial charge on any atom is -0.478 e. The molecule has 0 atom stereocenters. The number of benzene rings is 2. The van der Waals surface area contributed by atoms with E-state index in [1.807, 2.05) is 0 Å². The van der Waals surface area contributed by atoms with Crippen LogP contribution in [0.15, 0.2) is 42.5 Å². The van der Waals surface area contributed by atoms with Crippen molar-refractivity contribution in [2.45, 2.75) is 6.92 Å². The predicted octanol–water partition coefficient (Wildman–Crippen LogP) is 2.40. The number of anilines is 2. The summed E-state index contributed by atoms with van der Waals surface area (Å²) >= 11 is 0. The van der Waals surface area contributed by atoms with Crippen LogP contribution in [-0.4, -0.2) is 29.6 Å². The molecule has 4 N–H and O–H groups in total. The van der Waals surface area contributed by atoms with Crippen LogP contribution in [0.3, 0.4) is 0 Å². The Kier molecular flexibility index (Phi) is 5.16. The number of carboxylic acids is 1. The Morgan fingerprint density at radius 3 is 2.29 bits per heavy atom. The lowest BCUT2D eigenvalue weighted by molar-refractivity contribution is 0.0527. The first-order valence-electron chi connectivity index (χ1n) is 7.13. The number of nitrogens with two attached hydrogens (primary N) is 1. The van der Waals surface area contributed by atoms with E-state index in [1.54, 1.807) is 6.92 Å². The van der Waals surface area contributed by atoms with Crippen LogP contribution in [0.2, 0.25) is 0 Å². The number of carboxylic acid groups (broad SMARTS) is 1. The van der Waals surface area contributed by atoms with Crippen molar-refractivity contribution in [3.05, 3.63) is 59.2 Å². The maximum atomic E-state index is 12.3. The Bertz CT molecular complexity index is 784. The number of nitrogens with one attached hydrogen (secondary N) is 1. The molecule has 7 nitrogen and oxygen atoms in total. The summed E-state index contributed by atoms with van der Waals surface area (Å²) in [4.78, 5) is 35.0. The Hall–Kier alpha value is -3.35. The highest BCUT2D eigenvalue weighted by Crippen LogP contribution is 2.21. The van der Waals surface area contributed by atoms with Crippen molar-refractivity contribution in [2.24, 2.45) is 0 Å². The van der Waals surface area contributed by atoms with Gasteiger partial charge >= 0.3 is 11.9 Å². The third-order valence-corrected chi connectivity index (χ3v) is 3.18. The molecule has 0 saturated carbocycles. The number of carbonyl (C=O) groups is 3. The minimum absolute atomic E-state index is 0.0720. The highest BCUT2D eigenvalue weighted by molar-refractivity contribution is 6.08. The summed E-state index contributed by atoms with van der Waals surface area (Å²) in [5, 5.41) is 11.5. The molecular formula is C17H16N2O5. The van der Waals surface area contributed by atoms with Gasteiger partial charge < -0.3 is 20.9 Å². The molecule has 0 bridgehead atoms. The van der Waals surface area contributed by atoms with Gasteiger partial charge in [0.15, 0.2) is 0 Å². The van der Waals surface area contributed by atoms with Crippen molar-refractivity contribution >= 4 is 29.2 Å². The van der Waals surface area contributed by atoms with E-state index in [2.05, 4.69) is 5.32 Å². The third-order valence-electron chi connectivity index (χ3n) is 3.18. The van der Waals surface area contributed by atoms with Gasteiger partial charge in [0, 0.05) is 11.3 Å². The predicted molar refractivity (Wildman–Crippen MR) is 88.2 cm³/mol. The highest BCUT2D eigenvalue weighted by Gasteiger charge is 2.16. The van der Waals surface area contributed by atoms with Crippen LogP contribution in [0.25, 0.3) is 0 Å². The van der Waals surface area contributed by atoms with Crippen molar-refractivity contribution in [1.82, 2.24) is 0 Å². The van der Waals surface area contributed by atoms with E-state index in [-0.39, 0.29) is 29.0 Å². The van der Waals surface area contributed by atoms with E-state index in [0.717, 1.165) is 0 Å². The zero-order valence-corrected chi connectivity index (χ0v) is 12.9. The fourth-order valence-electron chi connectivity index (χ4n) is 2.01. The lowest BCUT2D eigenvalue weighted by atomic mass is 10.1. The summed E-state index contributed by atoms with van der Waals surface area (Å²) in [5.41, 5.74) is 6.80. The molecule has 124 valence electrons. The molecule has 0 fully saturated rings. The number of hydrogen-bond acceptors (Lipinski definition) is 5. The van der Waals surface area contributed by atoms with Gasteiger partial charge in [-0.25, -0.2) is 9.59 Å². The van der Waals surface area contributed by atoms with Gasteiger partial charge in [-0.2, -0.15) is 0 Å². The molecule has 0 aliphatic rings. The fraction of sp³-hybridized carbons (Fsp3) is 0.118. The first-order chi connectivity index (χ1) is 11.4. The second kappa shape index (κ2) is 7.28. The number of esters is 1. The number of amides is 1. The van der Waals surface area contributed by atoms with Crippen molar-refractivity contribution in [2.75, 3.05) is 17.7 Å². The lowest BCUT2D eigenvalue weighted by Crippen LogP contribution is -2.16. The quantitative estimate of drug-likeness (QED) is 0.573. The van der Waals surface area contributed by atoms with Crippen molar-refractivity contribution in [3.63, 3.8) is 0 Å². The maximum Gasteiger partial charge on any atom is 0.340 e. The van der Waals surface area contributed by atoms with Crippen LogP contribution in [-0.2, 0) is 4.74 Å². The summed E-state index contributed by atoms with van der Waals surface area (Å²) in [6.07, 6.45) is 0. The van der Waals surface area contributed by atoms with E-state index in [4.69, 9.17) is 15.6 Å². The van der Waals surface area contributed by atoms with Gasteiger partial charge in [-0.1, -0.05) is 0 Å². The summed E-state index contributed by atoms with van der Waals surface area (Å²) < 4.78 is 4.94. The van der Waals surface area contributed by atoms with Crippen LogP contribution in [0.4, 0.5) is 11.4 Å². The first-order valence-corrected chi connectivity index (χ1v) is 7.13. The topological polar surface area (TPSA) is 119 Å². The smallest absolute Gasteiger partial charge is 0.340 e. The molecule has 1 amide bonds. The Morgan fingerprint density at radius 1 is 1.08 bits per heavy atom. The highest BCUT2D eigenvalue weighted by atomic mass is 16.5. The normalized spacial score (nSPS) is 10.0. The molecule has 0 radical (unpaired) electrons. The lowest BCUT2D eigenvalue weighted by Gasteiger charge is -2.11. The Balaban J connectivity index is 2.26. The second-order valence-electron chi connectivity index (χ2n) is 4.86. The van der Waals surface area contributed by atoms with Crippen molar-refractivity contribution < 1.29 is 24.2 Å². The van der Waals surface area contributed by atoms with Crippen molar-refractivity contribution in [3.8, 4) is 0 Å². The molecule has 2 aromatic carbocycles. The molecule has 0 unspecified atom stereocenters. The molecule has 2 aromatic rings. The molecule has 7 heteroatoms. The van der Waals surface area contributed by atoms with Gasteiger partial charge in [0.2, 0.25) is 0 Å². The standard InChI is InChI=1S/C17H16N2O5/c1-2-24-17(23)13-8-7-12(18)9-14(13)19-15(20)10-3-5-11(6-4-10)16(21)22/h3-9H,2,18H2,1H3,(H,19,20)(H,21,22). The van der Waals surface area contributed by atoms with E-state index in [0.29, 0.717) is 5.69 Å². The monoisotopic (exact) mass is 328 g/mol. The van der Waals surface area contributed by atoms with Crippen LogP contribution < -0.4 is 11.1 Å². The molecule has 0 aliphatic carbocycles. The number of ether oxygens (including phenoxy) is 1. The number of rotatable bonds is 5. The molecule has 2 rings (SSSR count). The summed E-state index contributed by atoms with van der Waals surface area (Å²) in [5.74, 6) is -2.15. The van der Waals surface area contributed by atoms with Gasteiger partial charge in [0.05, 0.1) is 23.4 Å². The third kappa shape index (κ3) is 3.89. The average molecular weight is 328 g/mol. The van der Waals surface area contributed by atoms with E-state index < -0.39 is 17.8 Å². The van der Waals surface area contributed by atoms with Crippen LogP contribution >= 0.6 is 0 Å². The molecule has 0 spiro atoms. The Morgan fingerprint density at radius 2 is 1.71 bits per heavy atom. The molecule has 24 heavy (non-hydrogen) atoms. The average Bonchev–Trinajstić information content (AvgIpc) is 2.55. The van der Waals surface area contributed by atoms with E-state index >= 15 is 0 Å². The minimum atomic E-state index is -1.08. The molecule has 0 aromatic heterocycles. The molecular weight excluding hydrogens is 312 g/mol. The van der Waals surface area contributed by atoms with Crippen LogP contribution in [0.5, 0.6) is 0 Å². The Labute approximate surface area is 138 Å². The molecule has 0 aliphatic heterocycles. The summed E-state index contributed by atoms with van der Waals surface area (Å²) in [6.45, 7) is 1.88. The van der Waals surface area contributed by atoms with Gasteiger partial charge in [0.25, 0.3) is 5.91 Å². The van der Waals surface area contributed by atoms with Crippen molar-refractivity contribution in [1.29, 1.82) is 0 Å². The second-order valence-corrected chi connectivity index (χ2v) is 4.86. The zero-order chi connectivity index (χ0) is 17.7. The van der Waals surface area contributed by atoms with E-state index in [1.165, 1.54) is 42.5 Å². The van der Waals surface area contributed by atoms with Gasteiger partial charge in [-0.15, -0.1) is 0 Å². The van der Waals surface area contributed by atoms with E-state index in [9.17, 15) is 14.4 Å². The summed E-state index contributed by atoms with van der Waals surface area (Å²) in [7, 11) is 0. The zero-order valence-electron chi connectivity index (χ0n) is 12.9. The SMILES string of the molecule is CCOC(=O)c1ccc(N)cc1NC(=O)c1ccc(C(=O)O)cc1. The maximum absolute atomic E-state index is 12.3. The first kappa shape index (κ1) is 17.0. The fourth-order valence-corrected chi connectivity index (χ4v) is 2.01. The number of hydrogen-bond donors (Lipinski definition) is 3. The van der Waals surface area contributed by atoms with Crippen LogP contribution in [0.1, 0.15) is 38.0 Å². The van der Waals surface area contributed by atoms with Gasteiger partial charge in [-0.3, -0.25) is 4.79 Å². The molecule has 0 saturated heterocycles. The van der Waals surface area contributed by atoms with Gasteiger partial charge in [-0.05, 0) is 49.4 Å².